The molecular weight excluding hydrogens is 284 g/mol. The first kappa shape index (κ1) is 16.2. The normalized spacial score (nSPS) is 12.2. The van der Waals surface area contributed by atoms with Crippen molar-refractivity contribution in [3.05, 3.63) is 15.8 Å². The molecule has 0 aliphatic rings. The summed E-state index contributed by atoms with van der Waals surface area (Å²) in [6, 6.07) is -0.356. The minimum Gasteiger partial charge on any atom is -0.358 e. The van der Waals surface area contributed by atoms with Crippen LogP contribution in [0, 0.1) is 17.0 Å². The van der Waals surface area contributed by atoms with Gasteiger partial charge in [-0.1, -0.05) is 0 Å². The molecule has 1 rings (SSSR count). The number of hydrogen-bond acceptors (Lipinski definition) is 4. The molecule has 0 aliphatic carbocycles. The molecule has 1 N–H and O–H groups in total. The van der Waals surface area contributed by atoms with Crippen LogP contribution in [0.2, 0.25) is 0 Å². The van der Waals surface area contributed by atoms with Crippen molar-refractivity contribution < 1.29 is 22.5 Å². The lowest BCUT2D eigenvalue weighted by molar-refractivity contribution is -0.384. The van der Waals surface area contributed by atoms with E-state index in [1.807, 2.05) is 5.32 Å². The summed E-state index contributed by atoms with van der Waals surface area (Å²) in [5, 5.41) is 16.8. The maximum atomic E-state index is 12.9. The Labute approximate surface area is 111 Å². The Balaban J connectivity index is 3.13. The van der Waals surface area contributed by atoms with Crippen molar-refractivity contribution in [2.24, 2.45) is 0 Å². The zero-order valence-corrected chi connectivity index (χ0v) is 11.0. The molecule has 0 unspecified atom stereocenters. The number of halogens is 4. The summed E-state index contributed by atoms with van der Waals surface area (Å²) in [5.74, 6) is -4.59. The summed E-state index contributed by atoms with van der Waals surface area (Å²) in [6.07, 6.45) is -3.86. The van der Waals surface area contributed by atoms with E-state index < -0.39 is 29.5 Å². The number of aromatic nitrogens is 2. The van der Waals surface area contributed by atoms with Gasteiger partial charge in [-0.3, -0.25) is 10.1 Å². The first-order valence-corrected chi connectivity index (χ1v) is 5.71. The number of alkyl halides is 4. The Hall–Kier alpha value is -1.87. The fourth-order valence-corrected chi connectivity index (χ4v) is 1.57. The fraction of sp³-hybridized carbons (Fsp3) is 0.700. The summed E-state index contributed by atoms with van der Waals surface area (Å²) in [6.45, 7) is 3.19. The molecule has 0 fully saturated rings. The van der Waals surface area contributed by atoms with Gasteiger partial charge in [0.25, 0.3) is 0 Å². The highest BCUT2D eigenvalue weighted by molar-refractivity contribution is 5.59. The van der Waals surface area contributed by atoms with Gasteiger partial charge in [-0.25, -0.2) is 13.5 Å². The van der Waals surface area contributed by atoms with Crippen LogP contribution in [0.15, 0.2) is 0 Å². The number of nitrogens with zero attached hydrogens (tertiary/aromatic N) is 3. The molecule has 0 amide bonds. The van der Waals surface area contributed by atoms with E-state index in [1.54, 1.807) is 13.8 Å². The zero-order valence-electron chi connectivity index (χ0n) is 11.0. The highest BCUT2D eigenvalue weighted by Crippen LogP contribution is 2.32. The third-order valence-corrected chi connectivity index (χ3v) is 2.54. The molecule has 1 heterocycles. The molecule has 0 saturated carbocycles. The Morgan fingerprint density at radius 3 is 2.40 bits per heavy atom. The second kappa shape index (κ2) is 5.63. The number of anilines is 1. The van der Waals surface area contributed by atoms with Crippen molar-refractivity contribution in [2.45, 2.75) is 39.2 Å². The van der Waals surface area contributed by atoms with E-state index in [9.17, 15) is 27.7 Å². The van der Waals surface area contributed by atoms with Crippen LogP contribution in [0.25, 0.3) is 0 Å². The maximum Gasteiger partial charge on any atom is 0.333 e. The fourth-order valence-electron chi connectivity index (χ4n) is 1.57. The van der Waals surface area contributed by atoms with Gasteiger partial charge in [0, 0.05) is 6.04 Å². The lowest BCUT2D eigenvalue weighted by atomic mass is 10.3. The average Bonchev–Trinajstić information content (AvgIpc) is 2.63. The van der Waals surface area contributed by atoms with E-state index in [2.05, 4.69) is 5.10 Å². The molecule has 0 aromatic carbocycles. The first-order valence-electron chi connectivity index (χ1n) is 5.71. The number of aryl methyl sites for hydroxylation is 1. The second-order valence-corrected chi connectivity index (χ2v) is 4.49. The summed E-state index contributed by atoms with van der Waals surface area (Å²) in [4.78, 5) is 10.1. The number of nitro groups is 1. The Morgan fingerprint density at radius 2 is 2.00 bits per heavy atom. The third-order valence-electron chi connectivity index (χ3n) is 2.54. The van der Waals surface area contributed by atoms with Gasteiger partial charge >= 0.3 is 18.0 Å². The van der Waals surface area contributed by atoms with E-state index in [0.29, 0.717) is 0 Å². The summed E-state index contributed by atoms with van der Waals surface area (Å²) >= 11 is 0. The van der Waals surface area contributed by atoms with Crippen molar-refractivity contribution >= 4 is 11.5 Å². The second-order valence-electron chi connectivity index (χ2n) is 4.49. The molecule has 0 bridgehead atoms. The van der Waals surface area contributed by atoms with Crippen molar-refractivity contribution in [1.29, 1.82) is 0 Å². The van der Waals surface area contributed by atoms with Crippen molar-refractivity contribution in [3.63, 3.8) is 0 Å². The molecule has 1 aromatic rings. The highest BCUT2D eigenvalue weighted by atomic mass is 19.3. The molecule has 114 valence electrons. The number of rotatable bonds is 6. The smallest absolute Gasteiger partial charge is 0.333 e. The standard InChI is InChI=1S/C10H14F4N4O2/c1-5(2)17-8(7(18(19)20)6(3)16-17)15-4-10(13,14)9(11)12/h5,9,15H,4H2,1-3H3. The molecule has 20 heavy (non-hydrogen) atoms. The molecule has 0 radical (unpaired) electrons. The lowest BCUT2D eigenvalue weighted by Gasteiger charge is -2.17. The van der Waals surface area contributed by atoms with Gasteiger partial charge in [0.05, 0.1) is 11.5 Å². The number of nitrogens with one attached hydrogen (secondary N) is 1. The predicted molar refractivity (Wildman–Crippen MR) is 63.4 cm³/mol. The Bertz CT molecular complexity index is 502. The zero-order chi connectivity index (χ0) is 15.7. The molecule has 0 aliphatic heterocycles. The molecular formula is C10H14F4N4O2. The molecule has 6 nitrogen and oxygen atoms in total. The topological polar surface area (TPSA) is 73.0 Å². The lowest BCUT2D eigenvalue weighted by Crippen LogP contribution is -2.35. The van der Waals surface area contributed by atoms with E-state index in [0.717, 1.165) is 4.68 Å². The molecule has 1 aromatic heterocycles. The van der Waals surface area contributed by atoms with Crippen LogP contribution in [0.1, 0.15) is 25.6 Å². The van der Waals surface area contributed by atoms with E-state index in [4.69, 9.17) is 0 Å². The van der Waals surface area contributed by atoms with Gasteiger partial charge in [-0.2, -0.15) is 13.9 Å². The Kier molecular flexibility index (Phi) is 4.56. The van der Waals surface area contributed by atoms with Crippen LogP contribution in [0.5, 0.6) is 0 Å². The summed E-state index contributed by atoms with van der Waals surface area (Å²) < 4.78 is 51.1. The van der Waals surface area contributed by atoms with Gasteiger partial charge in [-0.15, -0.1) is 0 Å². The van der Waals surface area contributed by atoms with Crippen LogP contribution in [-0.2, 0) is 0 Å². The Morgan fingerprint density at radius 1 is 1.45 bits per heavy atom. The van der Waals surface area contributed by atoms with Crippen LogP contribution >= 0.6 is 0 Å². The summed E-state index contributed by atoms with van der Waals surface area (Å²) in [5.41, 5.74) is -0.477. The van der Waals surface area contributed by atoms with Crippen molar-refractivity contribution in [2.75, 3.05) is 11.9 Å². The van der Waals surface area contributed by atoms with Crippen molar-refractivity contribution in [1.82, 2.24) is 9.78 Å². The number of hydrogen-bond donors (Lipinski definition) is 1. The minimum absolute atomic E-state index is 0.0200. The van der Waals surface area contributed by atoms with Gasteiger partial charge in [0.15, 0.2) is 0 Å². The monoisotopic (exact) mass is 298 g/mol. The van der Waals surface area contributed by atoms with Gasteiger partial charge < -0.3 is 5.32 Å². The molecule has 0 saturated heterocycles. The maximum absolute atomic E-state index is 12.9. The first-order chi connectivity index (χ1) is 9.08. The van der Waals surface area contributed by atoms with Crippen LogP contribution in [0.4, 0.5) is 29.1 Å². The molecule has 10 heteroatoms. The van der Waals surface area contributed by atoms with E-state index >= 15 is 0 Å². The van der Waals surface area contributed by atoms with E-state index in [-0.39, 0.29) is 17.6 Å². The van der Waals surface area contributed by atoms with Gasteiger partial charge in [0.1, 0.15) is 5.69 Å². The third kappa shape index (κ3) is 3.17. The van der Waals surface area contributed by atoms with Crippen LogP contribution < -0.4 is 5.32 Å². The quantitative estimate of drug-likeness (QED) is 0.498. The summed E-state index contributed by atoms with van der Waals surface area (Å²) in [7, 11) is 0. The van der Waals surface area contributed by atoms with Crippen LogP contribution in [0.3, 0.4) is 0 Å². The highest BCUT2D eigenvalue weighted by Gasteiger charge is 2.41. The average molecular weight is 298 g/mol. The molecule has 0 spiro atoms. The van der Waals surface area contributed by atoms with Crippen LogP contribution in [-0.4, -0.2) is 33.6 Å². The molecule has 0 atom stereocenters. The van der Waals surface area contributed by atoms with Gasteiger partial charge in [-0.05, 0) is 20.8 Å². The largest absolute Gasteiger partial charge is 0.358 e. The van der Waals surface area contributed by atoms with Gasteiger partial charge in [0.2, 0.25) is 5.82 Å². The van der Waals surface area contributed by atoms with E-state index in [1.165, 1.54) is 6.92 Å². The minimum atomic E-state index is -4.28. The predicted octanol–water partition coefficient (Wildman–Crippen LogP) is 2.99. The SMILES string of the molecule is Cc1nn(C(C)C)c(NCC(F)(F)C(F)F)c1[N+](=O)[O-]. The van der Waals surface area contributed by atoms with Crippen molar-refractivity contribution in [3.8, 4) is 0 Å².